The molecule has 7 nitrogen and oxygen atoms in total. The lowest BCUT2D eigenvalue weighted by atomic mass is 10.2. The molecule has 146 valence electrons. The normalized spacial score (nSPS) is 17.0. The van der Waals surface area contributed by atoms with E-state index in [0.717, 1.165) is 5.39 Å². The number of pyridine rings is 1. The van der Waals surface area contributed by atoms with Crippen LogP contribution in [0.15, 0.2) is 76.7 Å². The lowest BCUT2D eigenvalue weighted by Gasteiger charge is -2.33. The predicted octanol–water partition coefficient (Wildman–Crippen LogP) is 1.93. The monoisotopic (exact) mass is 417 g/mol. The molecule has 0 unspecified atom stereocenters. The second kappa shape index (κ2) is 7.25. The molecule has 9 heteroatoms. The van der Waals surface area contributed by atoms with E-state index in [2.05, 4.69) is 4.98 Å². The number of para-hydroxylation sites is 1. The molecule has 1 saturated heterocycles. The Hall–Kier alpha value is -2.33. The molecule has 0 radical (unpaired) electrons. The number of hydrogen-bond donors (Lipinski definition) is 0. The minimum Gasteiger partial charge on any atom is -0.255 e. The van der Waals surface area contributed by atoms with E-state index in [9.17, 15) is 16.8 Å². The molecule has 0 atom stereocenters. The van der Waals surface area contributed by atoms with Gasteiger partial charge in [0.1, 0.15) is 4.90 Å². The number of sulfonamides is 2. The molecule has 2 aromatic carbocycles. The molecule has 3 aromatic rings. The van der Waals surface area contributed by atoms with E-state index in [1.807, 2.05) is 12.1 Å². The Kier molecular flexibility index (Phi) is 4.92. The maximum absolute atomic E-state index is 13.1. The SMILES string of the molecule is O=S(=O)(c1ccccc1)N1CCN(S(=O)(=O)c2cccc3cccnc23)CC1. The quantitative estimate of drug-likeness (QED) is 0.647. The predicted molar refractivity (Wildman–Crippen MR) is 106 cm³/mol. The first-order valence-electron chi connectivity index (χ1n) is 8.80. The lowest BCUT2D eigenvalue weighted by molar-refractivity contribution is 0.273. The van der Waals surface area contributed by atoms with Gasteiger partial charge in [0.15, 0.2) is 0 Å². The second-order valence-electron chi connectivity index (χ2n) is 6.45. The average molecular weight is 418 g/mol. The summed E-state index contributed by atoms with van der Waals surface area (Å²) in [6.07, 6.45) is 1.56. The van der Waals surface area contributed by atoms with Crippen molar-refractivity contribution in [2.24, 2.45) is 0 Å². The maximum Gasteiger partial charge on any atom is 0.245 e. The number of piperazine rings is 1. The van der Waals surface area contributed by atoms with E-state index >= 15 is 0 Å². The Morgan fingerprint density at radius 2 is 1.29 bits per heavy atom. The van der Waals surface area contributed by atoms with Crippen LogP contribution in [-0.4, -0.2) is 56.6 Å². The number of fused-ring (bicyclic) bond motifs is 1. The van der Waals surface area contributed by atoms with Crippen molar-refractivity contribution >= 4 is 30.9 Å². The van der Waals surface area contributed by atoms with Crippen LogP contribution in [0.3, 0.4) is 0 Å². The molecule has 4 rings (SSSR count). The Morgan fingerprint density at radius 3 is 1.96 bits per heavy atom. The number of rotatable bonds is 4. The maximum atomic E-state index is 13.1. The molecule has 0 N–H and O–H groups in total. The standard InChI is InChI=1S/C19H19N3O4S2/c23-27(24,17-8-2-1-3-9-17)21-12-14-22(15-13-21)28(25,26)18-10-4-6-16-7-5-11-20-19(16)18/h1-11H,12-15H2. The minimum atomic E-state index is -3.77. The summed E-state index contributed by atoms with van der Waals surface area (Å²) in [5, 5.41) is 0.744. The molecule has 2 heterocycles. The Labute approximate surface area is 164 Å². The topological polar surface area (TPSA) is 87.7 Å². The van der Waals surface area contributed by atoms with Crippen molar-refractivity contribution in [3.63, 3.8) is 0 Å². The third-order valence-electron chi connectivity index (χ3n) is 4.79. The number of hydrogen-bond acceptors (Lipinski definition) is 5. The zero-order chi connectivity index (χ0) is 19.8. The Morgan fingerprint density at radius 1 is 0.679 bits per heavy atom. The highest BCUT2D eigenvalue weighted by molar-refractivity contribution is 7.89. The third-order valence-corrected chi connectivity index (χ3v) is 8.64. The highest BCUT2D eigenvalue weighted by Crippen LogP contribution is 2.26. The van der Waals surface area contributed by atoms with Gasteiger partial charge in [-0.15, -0.1) is 0 Å². The summed E-state index contributed by atoms with van der Waals surface area (Å²) in [7, 11) is -7.40. The molecule has 1 aliphatic heterocycles. The Bertz CT molecular complexity index is 1200. The van der Waals surface area contributed by atoms with Crippen molar-refractivity contribution in [1.82, 2.24) is 13.6 Å². The van der Waals surface area contributed by atoms with E-state index in [4.69, 9.17) is 0 Å². The van der Waals surface area contributed by atoms with Crippen LogP contribution in [-0.2, 0) is 20.0 Å². The fourth-order valence-corrected chi connectivity index (χ4v) is 6.35. The summed E-state index contributed by atoms with van der Waals surface area (Å²) in [6, 6.07) is 16.8. The highest BCUT2D eigenvalue weighted by atomic mass is 32.2. The summed E-state index contributed by atoms with van der Waals surface area (Å²) < 4.78 is 54.4. The number of benzene rings is 2. The number of nitrogens with zero attached hydrogens (tertiary/aromatic N) is 3. The van der Waals surface area contributed by atoms with Gasteiger partial charge in [-0.3, -0.25) is 4.98 Å². The lowest BCUT2D eigenvalue weighted by Crippen LogP contribution is -2.50. The van der Waals surface area contributed by atoms with Gasteiger partial charge in [0.25, 0.3) is 0 Å². The van der Waals surface area contributed by atoms with Crippen molar-refractivity contribution in [1.29, 1.82) is 0 Å². The Balaban J connectivity index is 1.58. The van der Waals surface area contributed by atoms with Gasteiger partial charge in [-0.25, -0.2) is 16.8 Å². The van der Waals surface area contributed by atoms with Crippen LogP contribution in [0.4, 0.5) is 0 Å². The molecular weight excluding hydrogens is 398 g/mol. The van der Waals surface area contributed by atoms with Gasteiger partial charge in [0.05, 0.1) is 10.4 Å². The first kappa shape index (κ1) is 19.0. The van der Waals surface area contributed by atoms with Crippen molar-refractivity contribution < 1.29 is 16.8 Å². The average Bonchev–Trinajstić information content (AvgIpc) is 2.74. The van der Waals surface area contributed by atoms with Gasteiger partial charge >= 0.3 is 0 Å². The van der Waals surface area contributed by atoms with E-state index < -0.39 is 20.0 Å². The van der Waals surface area contributed by atoms with Gasteiger partial charge < -0.3 is 0 Å². The summed E-state index contributed by atoms with van der Waals surface area (Å²) in [5.74, 6) is 0. The van der Waals surface area contributed by atoms with Crippen LogP contribution in [0.1, 0.15) is 0 Å². The van der Waals surface area contributed by atoms with Crippen LogP contribution in [0.5, 0.6) is 0 Å². The summed E-state index contributed by atoms with van der Waals surface area (Å²) in [6.45, 7) is 0.401. The minimum absolute atomic E-state index is 0.0949. The summed E-state index contributed by atoms with van der Waals surface area (Å²) >= 11 is 0. The van der Waals surface area contributed by atoms with Crippen LogP contribution < -0.4 is 0 Å². The van der Waals surface area contributed by atoms with Gasteiger partial charge in [-0.05, 0) is 24.3 Å². The van der Waals surface area contributed by atoms with Crippen LogP contribution in [0.25, 0.3) is 10.9 Å². The zero-order valence-corrected chi connectivity index (χ0v) is 16.6. The highest BCUT2D eigenvalue weighted by Gasteiger charge is 2.34. The van der Waals surface area contributed by atoms with Crippen LogP contribution in [0, 0.1) is 0 Å². The third kappa shape index (κ3) is 3.30. The number of aromatic nitrogens is 1. The van der Waals surface area contributed by atoms with Crippen molar-refractivity contribution in [3.8, 4) is 0 Å². The van der Waals surface area contributed by atoms with Gasteiger partial charge in [0.2, 0.25) is 20.0 Å². The molecule has 28 heavy (non-hydrogen) atoms. The largest absolute Gasteiger partial charge is 0.255 e. The van der Waals surface area contributed by atoms with E-state index in [1.165, 1.54) is 14.7 Å². The van der Waals surface area contributed by atoms with Crippen molar-refractivity contribution in [2.45, 2.75) is 9.79 Å². The van der Waals surface area contributed by atoms with Gasteiger partial charge in [0, 0.05) is 37.8 Å². The zero-order valence-electron chi connectivity index (χ0n) is 15.0. The first-order valence-corrected chi connectivity index (χ1v) is 11.7. The first-order chi connectivity index (χ1) is 13.4. The van der Waals surface area contributed by atoms with Gasteiger partial charge in [-0.2, -0.15) is 8.61 Å². The van der Waals surface area contributed by atoms with Crippen molar-refractivity contribution in [2.75, 3.05) is 26.2 Å². The van der Waals surface area contributed by atoms with Gasteiger partial charge in [-0.1, -0.05) is 36.4 Å². The molecule has 0 amide bonds. The van der Waals surface area contributed by atoms with E-state index in [0.29, 0.717) is 5.52 Å². The van der Waals surface area contributed by atoms with E-state index in [1.54, 1.807) is 48.7 Å². The second-order valence-corrected chi connectivity index (χ2v) is 10.3. The molecule has 1 aromatic heterocycles. The summed E-state index contributed by atoms with van der Waals surface area (Å²) in [4.78, 5) is 4.58. The van der Waals surface area contributed by atoms with Crippen LogP contribution >= 0.6 is 0 Å². The molecular formula is C19H19N3O4S2. The molecule has 0 spiro atoms. The summed E-state index contributed by atoms with van der Waals surface area (Å²) in [5.41, 5.74) is 0.421. The fourth-order valence-electron chi connectivity index (χ4n) is 3.32. The fraction of sp³-hybridized carbons (Fsp3) is 0.211. The van der Waals surface area contributed by atoms with E-state index in [-0.39, 0.29) is 36.0 Å². The molecule has 0 saturated carbocycles. The molecule has 1 aliphatic rings. The molecule has 0 aliphatic carbocycles. The van der Waals surface area contributed by atoms with Crippen LogP contribution in [0.2, 0.25) is 0 Å². The smallest absolute Gasteiger partial charge is 0.245 e. The molecule has 1 fully saturated rings. The molecule has 0 bridgehead atoms. The van der Waals surface area contributed by atoms with Crippen molar-refractivity contribution in [3.05, 3.63) is 66.9 Å².